The van der Waals surface area contributed by atoms with Crippen molar-refractivity contribution >= 4 is 47.4 Å². The Labute approximate surface area is 353 Å². The number of nitrogens with two attached hydrogens (primary N) is 4. The zero-order valence-corrected chi connectivity index (χ0v) is 35.2. The van der Waals surface area contributed by atoms with E-state index in [1.54, 1.807) is 30.3 Å². The third-order valence-corrected chi connectivity index (χ3v) is 10.1. The van der Waals surface area contributed by atoms with Crippen molar-refractivity contribution in [2.75, 3.05) is 26.2 Å². The number of guanidine groups is 1. The van der Waals surface area contributed by atoms with Gasteiger partial charge in [-0.2, -0.15) is 0 Å². The maximum absolute atomic E-state index is 14.0. The maximum Gasteiger partial charge on any atom is 0.322 e. The largest absolute Gasteiger partial charge is 0.480 e. The van der Waals surface area contributed by atoms with E-state index < -0.39 is 72.3 Å². The van der Waals surface area contributed by atoms with Crippen molar-refractivity contribution in [3.8, 4) is 0 Å². The Morgan fingerprint density at radius 3 is 1.88 bits per heavy atom. The second-order valence-corrected chi connectivity index (χ2v) is 15.8. The first-order valence-electron chi connectivity index (χ1n) is 21.1. The fourth-order valence-electron chi connectivity index (χ4n) is 6.84. The number of nitrogens with zero attached hydrogens (tertiary/aromatic N) is 1. The van der Waals surface area contributed by atoms with Crippen LogP contribution in [-0.4, -0.2) is 109 Å². The van der Waals surface area contributed by atoms with Crippen LogP contribution >= 0.6 is 0 Å². The van der Waals surface area contributed by atoms with Crippen LogP contribution in [0.5, 0.6) is 0 Å². The van der Waals surface area contributed by atoms with Gasteiger partial charge in [-0.1, -0.05) is 57.0 Å². The maximum atomic E-state index is 14.0. The fraction of sp³-hybridized carbons (Fsp3) is 0.659. The van der Waals surface area contributed by atoms with Gasteiger partial charge in [0.1, 0.15) is 30.7 Å². The smallest absolute Gasteiger partial charge is 0.322 e. The number of unbranched alkanes of at least 4 members (excludes halogenated alkanes) is 2. The van der Waals surface area contributed by atoms with Crippen molar-refractivity contribution < 1.29 is 38.7 Å². The van der Waals surface area contributed by atoms with Crippen molar-refractivity contribution in [3.05, 3.63) is 35.9 Å². The molecule has 1 aliphatic rings. The molecular formula is C41H69N11O8. The molecule has 5 atom stereocenters. The summed E-state index contributed by atoms with van der Waals surface area (Å²) in [4.78, 5) is 95.5. The van der Waals surface area contributed by atoms with Gasteiger partial charge < -0.3 is 59.9 Å². The summed E-state index contributed by atoms with van der Waals surface area (Å²) >= 11 is 0. The van der Waals surface area contributed by atoms with Crippen LogP contribution in [0.25, 0.3) is 0 Å². The van der Waals surface area contributed by atoms with E-state index in [4.69, 9.17) is 28.0 Å². The zero-order chi connectivity index (χ0) is 44.5. The first-order chi connectivity index (χ1) is 28.6. The summed E-state index contributed by atoms with van der Waals surface area (Å²) in [6, 6.07) is 3.34. The summed E-state index contributed by atoms with van der Waals surface area (Å²) in [6.07, 6.45) is 7.22. The molecule has 60 heavy (non-hydrogen) atoms. The highest BCUT2D eigenvalue weighted by atomic mass is 16.4. The predicted octanol–water partition coefficient (Wildman–Crippen LogP) is -0.598. The van der Waals surface area contributed by atoms with Gasteiger partial charge in [0.05, 0.1) is 6.04 Å². The fourth-order valence-corrected chi connectivity index (χ4v) is 6.84. The first kappa shape index (κ1) is 50.8. The molecule has 15 N–H and O–H groups in total. The average Bonchev–Trinajstić information content (AvgIpc) is 3.75. The summed E-state index contributed by atoms with van der Waals surface area (Å²) in [7, 11) is 0. The number of aliphatic imine (C=N–C) groups is 1. The summed E-state index contributed by atoms with van der Waals surface area (Å²) < 4.78 is 0. The highest BCUT2D eigenvalue weighted by Gasteiger charge is 2.32. The summed E-state index contributed by atoms with van der Waals surface area (Å²) in [5, 5.41) is 25.3. The number of rotatable bonds is 29. The number of aliphatic carboxylic acids is 1. The van der Waals surface area contributed by atoms with Crippen molar-refractivity contribution in [3.63, 3.8) is 0 Å². The number of hydrogen-bond acceptors (Lipinski definition) is 10. The molecule has 1 aromatic carbocycles. The Morgan fingerprint density at radius 1 is 0.717 bits per heavy atom. The molecule has 1 aliphatic carbocycles. The van der Waals surface area contributed by atoms with E-state index in [2.05, 4.69) is 36.9 Å². The van der Waals surface area contributed by atoms with E-state index in [-0.39, 0.29) is 55.9 Å². The van der Waals surface area contributed by atoms with Gasteiger partial charge in [0, 0.05) is 25.4 Å². The van der Waals surface area contributed by atoms with Crippen molar-refractivity contribution in [2.24, 2.45) is 39.8 Å². The average molecular weight is 844 g/mol. The standard InChI is InChI=1S/C41H69N11O8/c1-26(2)23-32(40(60)52-33(37(57)48-25-34(53)54)24-27-13-4-3-5-14-27)51-39(59)30(18-8-10-20-42)50-38(58)31(19-12-22-47-41(44)45)49-36(56)29(43)17-9-11-21-46-35(55)28-15-6-7-16-28/h3-5,13-14,26,28-33H,6-12,15-25,42-43H2,1-2H3,(H,46,55)(H,48,57)(H,49,56)(H,50,58)(H,51,59)(H,52,60)(H,53,54)(H4,44,45,47)/t29-,30-,31-,32-,33-/m0/s1. The second kappa shape index (κ2) is 28.2. The highest BCUT2D eigenvalue weighted by Crippen LogP contribution is 2.24. The van der Waals surface area contributed by atoms with Gasteiger partial charge in [-0.3, -0.25) is 38.6 Å². The van der Waals surface area contributed by atoms with Crippen LogP contribution in [0.2, 0.25) is 0 Å². The van der Waals surface area contributed by atoms with Crippen molar-refractivity contribution in [1.29, 1.82) is 0 Å². The molecule has 336 valence electrons. The summed E-state index contributed by atoms with van der Waals surface area (Å²) in [5.74, 6) is -4.65. The molecule has 1 saturated carbocycles. The molecule has 0 spiro atoms. The van der Waals surface area contributed by atoms with Crippen LogP contribution in [0.15, 0.2) is 35.3 Å². The summed E-state index contributed by atoms with van der Waals surface area (Å²) in [5.41, 5.74) is 23.6. The SMILES string of the molecule is CC(C)C[C@H](NC(=O)[C@H](CCCCN)NC(=O)[C@H](CCCN=C(N)N)NC(=O)[C@@H](N)CCCCNC(=O)C1CCCC1)C(=O)N[C@@H](Cc1ccccc1)C(=O)NCC(=O)O. The number of carboxylic acid groups (broad SMARTS) is 1. The lowest BCUT2D eigenvalue weighted by atomic mass is 10.00. The number of carbonyl (C=O) groups excluding carboxylic acids is 6. The van der Waals surface area contributed by atoms with Gasteiger partial charge in [0.25, 0.3) is 0 Å². The van der Waals surface area contributed by atoms with E-state index in [1.165, 1.54) is 0 Å². The van der Waals surface area contributed by atoms with Crippen molar-refractivity contribution in [2.45, 2.75) is 134 Å². The Morgan fingerprint density at radius 2 is 1.28 bits per heavy atom. The normalized spacial score (nSPS) is 15.1. The summed E-state index contributed by atoms with van der Waals surface area (Å²) in [6.45, 7) is 4.03. The third kappa shape index (κ3) is 20.6. The lowest BCUT2D eigenvalue weighted by molar-refractivity contribution is -0.138. The molecule has 0 saturated heterocycles. The number of amides is 6. The van der Waals surface area contributed by atoms with E-state index in [0.717, 1.165) is 25.7 Å². The molecule has 19 heteroatoms. The van der Waals surface area contributed by atoms with E-state index in [9.17, 15) is 33.6 Å². The quantitative estimate of drug-likeness (QED) is 0.0274. The Hall–Kier alpha value is -5.30. The Balaban J connectivity index is 2.19. The zero-order valence-electron chi connectivity index (χ0n) is 35.2. The van der Waals surface area contributed by atoms with E-state index >= 15 is 0 Å². The lowest BCUT2D eigenvalue weighted by Gasteiger charge is -2.27. The van der Waals surface area contributed by atoms with Crippen LogP contribution in [-0.2, 0) is 40.0 Å². The van der Waals surface area contributed by atoms with Crippen molar-refractivity contribution in [1.82, 2.24) is 31.9 Å². The molecule has 1 aromatic rings. The van der Waals surface area contributed by atoms with Crippen LogP contribution in [0.3, 0.4) is 0 Å². The Kier molecular flexibility index (Phi) is 23.9. The minimum Gasteiger partial charge on any atom is -0.480 e. The molecule has 6 amide bonds. The van der Waals surface area contributed by atoms with Gasteiger partial charge in [-0.25, -0.2) is 0 Å². The molecule has 0 unspecified atom stereocenters. The molecule has 0 bridgehead atoms. The third-order valence-electron chi connectivity index (χ3n) is 10.1. The van der Waals surface area contributed by atoms with Crippen LogP contribution < -0.4 is 54.8 Å². The number of benzene rings is 1. The molecule has 1 fully saturated rings. The van der Waals surface area contributed by atoms with Crippen LogP contribution in [0.4, 0.5) is 0 Å². The molecule has 19 nitrogen and oxygen atoms in total. The molecule has 0 heterocycles. The second-order valence-electron chi connectivity index (χ2n) is 15.8. The van der Waals surface area contributed by atoms with Gasteiger partial charge in [0.15, 0.2) is 5.96 Å². The van der Waals surface area contributed by atoms with E-state index in [0.29, 0.717) is 57.2 Å². The van der Waals surface area contributed by atoms with Gasteiger partial charge >= 0.3 is 5.97 Å². The highest BCUT2D eigenvalue weighted by molar-refractivity contribution is 5.96. The first-order valence-corrected chi connectivity index (χ1v) is 21.1. The van der Waals surface area contributed by atoms with Gasteiger partial charge in [-0.05, 0) is 88.7 Å². The van der Waals surface area contributed by atoms with Crippen LogP contribution in [0.1, 0.15) is 103 Å². The lowest BCUT2D eigenvalue weighted by Crippen LogP contribution is -2.59. The van der Waals surface area contributed by atoms with Gasteiger partial charge in [0.2, 0.25) is 35.4 Å². The number of hydrogen-bond donors (Lipinski definition) is 11. The molecule has 0 aliphatic heterocycles. The monoisotopic (exact) mass is 844 g/mol. The number of nitrogens with one attached hydrogen (secondary N) is 6. The van der Waals surface area contributed by atoms with Crippen LogP contribution in [0, 0.1) is 11.8 Å². The molecule has 2 rings (SSSR count). The predicted molar refractivity (Wildman–Crippen MR) is 228 cm³/mol. The topological polar surface area (TPSA) is 328 Å². The number of carboxylic acids is 1. The van der Waals surface area contributed by atoms with Gasteiger partial charge in [-0.15, -0.1) is 0 Å². The molecule has 0 aromatic heterocycles. The van der Waals surface area contributed by atoms with E-state index in [1.807, 2.05) is 13.8 Å². The minimum absolute atomic E-state index is 0.0523. The molecular weight excluding hydrogens is 775 g/mol. The molecule has 0 radical (unpaired) electrons. The Bertz CT molecular complexity index is 1550. The number of carbonyl (C=O) groups is 7. The minimum atomic E-state index is -1.26.